The average molecular weight is 259 g/mol. The second kappa shape index (κ2) is 5.42. The van der Waals surface area contributed by atoms with Crippen molar-refractivity contribution in [1.29, 1.82) is 0 Å². The van der Waals surface area contributed by atoms with Crippen molar-refractivity contribution in [3.05, 3.63) is 46.6 Å². The van der Waals surface area contributed by atoms with E-state index < -0.39 is 0 Å². The maximum Gasteiger partial charge on any atom is 0.126 e. The molecule has 0 aliphatic heterocycles. The highest BCUT2D eigenvalue weighted by Gasteiger charge is 2.16. The van der Waals surface area contributed by atoms with E-state index >= 15 is 0 Å². The van der Waals surface area contributed by atoms with Crippen molar-refractivity contribution >= 4 is 5.82 Å². The van der Waals surface area contributed by atoms with E-state index in [1.54, 1.807) is 10.9 Å². The molecule has 2 rings (SSSR count). The molecule has 1 atom stereocenters. The maximum atomic E-state index is 6.00. The number of aryl methyl sites for hydroxylation is 3. The number of nitrogens with zero attached hydrogens (tertiary/aromatic N) is 2. The fourth-order valence-corrected chi connectivity index (χ4v) is 2.41. The molecule has 1 unspecified atom stereocenters. The minimum atomic E-state index is -0.0325. The number of hydrazine groups is 1. The fourth-order valence-electron chi connectivity index (χ4n) is 2.41. The predicted molar refractivity (Wildman–Crippen MR) is 77.3 cm³/mol. The lowest BCUT2D eigenvalue weighted by Crippen LogP contribution is -2.30. The van der Waals surface area contributed by atoms with Gasteiger partial charge < -0.3 is 5.73 Å². The molecule has 0 radical (unpaired) electrons. The van der Waals surface area contributed by atoms with Gasteiger partial charge in [0, 0.05) is 12.6 Å². The number of aromatic nitrogens is 2. The number of rotatable bonds is 4. The van der Waals surface area contributed by atoms with Crippen molar-refractivity contribution in [2.75, 3.05) is 5.73 Å². The Morgan fingerprint density at radius 1 is 1.26 bits per heavy atom. The Morgan fingerprint density at radius 3 is 2.37 bits per heavy atom. The number of hydrogen-bond acceptors (Lipinski definition) is 4. The smallest absolute Gasteiger partial charge is 0.126 e. The molecule has 0 amide bonds. The SMILES string of the molecule is Cc1cc(C)cc(CC(NN)c2cnn(C)c2N)c1. The first-order chi connectivity index (χ1) is 9.01. The maximum absolute atomic E-state index is 6.00. The van der Waals surface area contributed by atoms with E-state index in [-0.39, 0.29) is 6.04 Å². The van der Waals surface area contributed by atoms with Gasteiger partial charge in [0.1, 0.15) is 5.82 Å². The van der Waals surface area contributed by atoms with Crippen LogP contribution in [0.15, 0.2) is 24.4 Å². The molecule has 0 bridgehead atoms. The van der Waals surface area contributed by atoms with Crippen LogP contribution in [-0.2, 0) is 13.5 Å². The van der Waals surface area contributed by atoms with Gasteiger partial charge in [-0.2, -0.15) is 5.10 Å². The van der Waals surface area contributed by atoms with Crippen molar-refractivity contribution in [2.45, 2.75) is 26.3 Å². The molecule has 0 saturated carbocycles. The summed E-state index contributed by atoms with van der Waals surface area (Å²) >= 11 is 0. The lowest BCUT2D eigenvalue weighted by atomic mass is 9.98. The number of nitrogens with one attached hydrogen (secondary N) is 1. The molecule has 5 N–H and O–H groups in total. The minimum absolute atomic E-state index is 0.0325. The highest BCUT2D eigenvalue weighted by molar-refractivity contribution is 5.42. The third kappa shape index (κ3) is 2.94. The average Bonchev–Trinajstić information content (AvgIpc) is 2.66. The van der Waals surface area contributed by atoms with Crippen LogP contribution >= 0.6 is 0 Å². The Hall–Kier alpha value is -1.85. The summed E-state index contributed by atoms with van der Waals surface area (Å²) in [6.07, 6.45) is 2.55. The number of benzene rings is 1. The van der Waals surface area contributed by atoms with E-state index in [0.717, 1.165) is 12.0 Å². The first kappa shape index (κ1) is 13.6. The minimum Gasteiger partial charge on any atom is -0.384 e. The van der Waals surface area contributed by atoms with Crippen LogP contribution in [0.5, 0.6) is 0 Å². The van der Waals surface area contributed by atoms with Crippen LogP contribution in [0, 0.1) is 13.8 Å². The quantitative estimate of drug-likeness (QED) is 0.572. The van der Waals surface area contributed by atoms with Crippen molar-refractivity contribution < 1.29 is 0 Å². The lowest BCUT2D eigenvalue weighted by Gasteiger charge is -2.16. The van der Waals surface area contributed by atoms with Crippen LogP contribution in [0.25, 0.3) is 0 Å². The van der Waals surface area contributed by atoms with Gasteiger partial charge in [-0.1, -0.05) is 29.3 Å². The van der Waals surface area contributed by atoms with E-state index in [2.05, 4.69) is 42.6 Å². The number of hydrogen-bond donors (Lipinski definition) is 3. The van der Waals surface area contributed by atoms with Gasteiger partial charge in [-0.3, -0.25) is 16.0 Å². The van der Waals surface area contributed by atoms with Gasteiger partial charge in [0.15, 0.2) is 0 Å². The van der Waals surface area contributed by atoms with Crippen LogP contribution in [0.4, 0.5) is 5.82 Å². The van der Waals surface area contributed by atoms with Gasteiger partial charge in [-0.25, -0.2) is 0 Å². The van der Waals surface area contributed by atoms with Crippen molar-refractivity contribution in [3.8, 4) is 0 Å². The molecular formula is C14H21N5. The van der Waals surface area contributed by atoms with E-state index in [4.69, 9.17) is 11.6 Å². The molecular weight excluding hydrogens is 238 g/mol. The fraction of sp³-hybridized carbons (Fsp3) is 0.357. The molecule has 0 aliphatic rings. The molecule has 19 heavy (non-hydrogen) atoms. The van der Waals surface area contributed by atoms with Gasteiger partial charge in [0.2, 0.25) is 0 Å². The summed E-state index contributed by atoms with van der Waals surface area (Å²) in [5, 5.41) is 4.16. The van der Waals surface area contributed by atoms with Crippen LogP contribution in [-0.4, -0.2) is 9.78 Å². The molecule has 1 aromatic heterocycles. The summed E-state index contributed by atoms with van der Waals surface area (Å²) < 4.78 is 1.65. The molecule has 1 aromatic carbocycles. The second-order valence-electron chi connectivity index (χ2n) is 5.03. The number of anilines is 1. The predicted octanol–water partition coefficient (Wildman–Crippen LogP) is 1.37. The van der Waals surface area contributed by atoms with E-state index in [1.807, 2.05) is 7.05 Å². The largest absolute Gasteiger partial charge is 0.384 e. The Bertz CT molecular complexity index is 553. The van der Waals surface area contributed by atoms with Crippen LogP contribution < -0.4 is 17.0 Å². The topological polar surface area (TPSA) is 81.9 Å². The number of nitrogens with two attached hydrogens (primary N) is 2. The van der Waals surface area contributed by atoms with Crippen LogP contribution in [0.2, 0.25) is 0 Å². The summed E-state index contributed by atoms with van der Waals surface area (Å²) in [4.78, 5) is 0. The summed E-state index contributed by atoms with van der Waals surface area (Å²) in [5.74, 6) is 6.31. The monoisotopic (exact) mass is 259 g/mol. The molecule has 102 valence electrons. The Labute approximate surface area is 113 Å². The Balaban J connectivity index is 2.26. The molecule has 0 aliphatic carbocycles. The Morgan fingerprint density at radius 2 is 1.89 bits per heavy atom. The normalized spacial score (nSPS) is 12.6. The highest BCUT2D eigenvalue weighted by atomic mass is 15.3. The van der Waals surface area contributed by atoms with E-state index in [9.17, 15) is 0 Å². The zero-order chi connectivity index (χ0) is 14.0. The zero-order valence-electron chi connectivity index (χ0n) is 11.6. The zero-order valence-corrected chi connectivity index (χ0v) is 11.6. The molecule has 1 heterocycles. The number of nitrogen functional groups attached to an aromatic ring is 1. The standard InChI is InChI=1S/C14H21N5/c1-9-4-10(2)6-11(5-9)7-13(18-16)12-8-17-19(3)14(12)15/h4-6,8,13,18H,7,15-16H2,1-3H3. The third-order valence-electron chi connectivity index (χ3n) is 3.31. The lowest BCUT2D eigenvalue weighted by molar-refractivity contribution is 0.553. The van der Waals surface area contributed by atoms with E-state index in [0.29, 0.717) is 5.82 Å². The first-order valence-corrected chi connectivity index (χ1v) is 6.32. The van der Waals surface area contributed by atoms with Gasteiger partial charge in [0.05, 0.1) is 12.2 Å². The van der Waals surface area contributed by atoms with Crippen molar-refractivity contribution in [2.24, 2.45) is 12.9 Å². The molecule has 5 nitrogen and oxygen atoms in total. The van der Waals surface area contributed by atoms with Crippen LogP contribution in [0.1, 0.15) is 28.3 Å². The van der Waals surface area contributed by atoms with Crippen LogP contribution in [0.3, 0.4) is 0 Å². The van der Waals surface area contributed by atoms with Gasteiger partial charge in [-0.15, -0.1) is 0 Å². The van der Waals surface area contributed by atoms with Crippen molar-refractivity contribution in [1.82, 2.24) is 15.2 Å². The molecule has 5 heteroatoms. The Kier molecular flexibility index (Phi) is 3.87. The molecule has 2 aromatic rings. The molecule has 0 spiro atoms. The van der Waals surface area contributed by atoms with Crippen molar-refractivity contribution in [3.63, 3.8) is 0 Å². The van der Waals surface area contributed by atoms with E-state index in [1.165, 1.54) is 16.7 Å². The summed E-state index contributed by atoms with van der Waals surface area (Å²) in [5.41, 5.74) is 13.5. The molecule has 0 fully saturated rings. The second-order valence-corrected chi connectivity index (χ2v) is 5.03. The third-order valence-corrected chi connectivity index (χ3v) is 3.31. The highest BCUT2D eigenvalue weighted by Crippen LogP contribution is 2.23. The first-order valence-electron chi connectivity index (χ1n) is 6.32. The van der Waals surface area contributed by atoms with Gasteiger partial charge in [0.25, 0.3) is 0 Å². The van der Waals surface area contributed by atoms with Gasteiger partial charge in [-0.05, 0) is 25.8 Å². The molecule has 0 saturated heterocycles. The summed E-state index contributed by atoms with van der Waals surface area (Å²) in [6.45, 7) is 4.19. The summed E-state index contributed by atoms with van der Waals surface area (Å²) in [6, 6.07) is 6.47. The summed E-state index contributed by atoms with van der Waals surface area (Å²) in [7, 11) is 1.82. The van der Waals surface area contributed by atoms with Gasteiger partial charge >= 0.3 is 0 Å².